The van der Waals surface area contributed by atoms with Crippen molar-refractivity contribution in [3.8, 4) is 0 Å². The highest BCUT2D eigenvalue weighted by Crippen LogP contribution is 2.24. The predicted octanol–water partition coefficient (Wildman–Crippen LogP) is 2.64. The van der Waals surface area contributed by atoms with Gasteiger partial charge in [0.15, 0.2) is 11.9 Å². The Hall–Kier alpha value is -1.90. The largest absolute Gasteiger partial charge is 0.466 e. The molecule has 0 radical (unpaired) electrons. The van der Waals surface area contributed by atoms with Crippen molar-refractivity contribution in [2.45, 2.75) is 40.0 Å². The summed E-state index contributed by atoms with van der Waals surface area (Å²) in [6.45, 7) is 7.01. The molecule has 0 aliphatic carbocycles. The van der Waals surface area contributed by atoms with Gasteiger partial charge in [-0.05, 0) is 13.8 Å². The molecule has 26 heavy (non-hydrogen) atoms. The van der Waals surface area contributed by atoms with E-state index in [4.69, 9.17) is 31.5 Å². The highest BCUT2D eigenvalue weighted by Gasteiger charge is 2.21. The van der Waals surface area contributed by atoms with Crippen molar-refractivity contribution >= 4 is 34.6 Å². The van der Waals surface area contributed by atoms with Crippen LogP contribution < -0.4 is 5.73 Å². The minimum atomic E-state index is -0.373. The van der Waals surface area contributed by atoms with Gasteiger partial charge < -0.3 is 24.5 Å². The number of carbonyl (C=O) groups excluding carboxylic acids is 1. The molecule has 8 nitrogen and oxygen atoms in total. The molecule has 0 saturated heterocycles. The number of fused-ring (bicyclic) bond motifs is 1. The average Bonchev–Trinajstić information content (AvgIpc) is 2.96. The van der Waals surface area contributed by atoms with Gasteiger partial charge in [-0.1, -0.05) is 11.6 Å². The van der Waals surface area contributed by atoms with Crippen LogP contribution in [0.2, 0.25) is 5.02 Å². The first-order chi connectivity index (χ1) is 12.4. The Bertz CT molecular complexity index is 731. The van der Waals surface area contributed by atoms with Crippen molar-refractivity contribution < 1.29 is 19.0 Å². The first-order valence-corrected chi connectivity index (χ1v) is 8.95. The van der Waals surface area contributed by atoms with Crippen LogP contribution in [-0.2, 0) is 25.5 Å². The standard InChI is InChI=1S/C17H25ClN4O4/c1-4-24-15(25-5-2)6-12(9-26-11(3)23)8-22-10-20-16-13(18)7-14(19)21-17(16)22/h7,10,12,15H,4-6,8-9H2,1-3H3,(H2,19,21)/t12-/m1/s1. The lowest BCUT2D eigenvalue weighted by atomic mass is 10.1. The lowest BCUT2D eigenvalue weighted by Gasteiger charge is -2.23. The molecule has 0 fully saturated rings. The Morgan fingerprint density at radius 3 is 2.65 bits per heavy atom. The number of pyridine rings is 1. The monoisotopic (exact) mass is 384 g/mol. The van der Waals surface area contributed by atoms with Crippen molar-refractivity contribution in [3.05, 3.63) is 17.4 Å². The van der Waals surface area contributed by atoms with Crippen LogP contribution in [0, 0.1) is 5.92 Å². The molecular formula is C17H25ClN4O4. The molecule has 0 aliphatic heterocycles. The molecule has 2 aromatic heterocycles. The maximum Gasteiger partial charge on any atom is 0.302 e. The summed E-state index contributed by atoms with van der Waals surface area (Å²) in [5.74, 6) is -0.0658. The van der Waals surface area contributed by atoms with Crippen molar-refractivity contribution in [2.75, 3.05) is 25.6 Å². The molecular weight excluding hydrogens is 360 g/mol. The third kappa shape index (κ3) is 5.55. The van der Waals surface area contributed by atoms with Gasteiger partial charge in [0.05, 0.1) is 18.0 Å². The zero-order valence-electron chi connectivity index (χ0n) is 15.3. The van der Waals surface area contributed by atoms with Crippen LogP contribution in [0.1, 0.15) is 27.2 Å². The summed E-state index contributed by atoms with van der Waals surface area (Å²) in [5.41, 5.74) is 6.97. The Labute approximate surface area is 157 Å². The third-order valence-corrected chi connectivity index (χ3v) is 4.04. The van der Waals surface area contributed by atoms with Crippen molar-refractivity contribution in [1.82, 2.24) is 14.5 Å². The molecule has 0 aromatic carbocycles. The molecule has 0 spiro atoms. The number of aromatic nitrogens is 3. The van der Waals surface area contributed by atoms with Crippen LogP contribution in [0.15, 0.2) is 12.4 Å². The van der Waals surface area contributed by atoms with E-state index in [0.29, 0.717) is 48.2 Å². The number of anilines is 1. The molecule has 0 saturated carbocycles. The Balaban J connectivity index is 2.21. The molecule has 1 atom stereocenters. The number of hydrogen-bond donors (Lipinski definition) is 1. The first-order valence-electron chi connectivity index (χ1n) is 8.57. The highest BCUT2D eigenvalue weighted by molar-refractivity contribution is 6.35. The Morgan fingerprint density at radius 1 is 1.35 bits per heavy atom. The fraction of sp³-hybridized carbons (Fsp3) is 0.588. The van der Waals surface area contributed by atoms with E-state index < -0.39 is 0 Å². The molecule has 0 bridgehead atoms. The minimum absolute atomic E-state index is 0.0543. The second-order valence-electron chi connectivity index (χ2n) is 5.84. The van der Waals surface area contributed by atoms with Gasteiger partial charge >= 0.3 is 5.97 Å². The van der Waals surface area contributed by atoms with Gasteiger partial charge in [-0.25, -0.2) is 9.97 Å². The van der Waals surface area contributed by atoms with E-state index in [1.807, 2.05) is 18.4 Å². The number of nitrogens with two attached hydrogens (primary N) is 1. The van der Waals surface area contributed by atoms with Crippen LogP contribution in [0.4, 0.5) is 5.82 Å². The van der Waals surface area contributed by atoms with Crippen LogP contribution >= 0.6 is 11.6 Å². The lowest BCUT2D eigenvalue weighted by molar-refractivity contribution is -0.156. The van der Waals surface area contributed by atoms with E-state index in [1.165, 1.54) is 6.92 Å². The summed E-state index contributed by atoms with van der Waals surface area (Å²) in [6.07, 6.45) is 1.84. The second kappa shape index (κ2) is 9.70. The van der Waals surface area contributed by atoms with E-state index in [9.17, 15) is 4.79 Å². The number of ether oxygens (including phenoxy) is 3. The number of nitrogens with zero attached hydrogens (tertiary/aromatic N) is 3. The predicted molar refractivity (Wildman–Crippen MR) is 98.7 cm³/mol. The van der Waals surface area contributed by atoms with E-state index in [1.54, 1.807) is 12.4 Å². The van der Waals surface area contributed by atoms with Crippen LogP contribution in [-0.4, -0.2) is 46.6 Å². The summed E-state index contributed by atoms with van der Waals surface area (Å²) in [7, 11) is 0. The molecule has 9 heteroatoms. The number of nitrogen functional groups attached to an aromatic ring is 1. The van der Waals surface area contributed by atoms with E-state index >= 15 is 0 Å². The molecule has 0 aliphatic rings. The first kappa shape index (κ1) is 20.4. The summed E-state index contributed by atoms with van der Waals surface area (Å²) in [4.78, 5) is 19.9. The normalized spacial score (nSPS) is 12.7. The van der Waals surface area contributed by atoms with Gasteiger partial charge in [-0.3, -0.25) is 4.79 Å². The fourth-order valence-corrected chi connectivity index (χ4v) is 2.93. The van der Waals surface area contributed by atoms with Crippen LogP contribution in [0.5, 0.6) is 0 Å². The van der Waals surface area contributed by atoms with Crippen molar-refractivity contribution in [2.24, 2.45) is 5.92 Å². The molecule has 0 amide bonds. The minimum Gasteiger partial charge on any atom is -0.466 e. The second-order valence-corrected chi connectivity index (χ2v) is 6.25. The maximum absolute atomic E-state index is 11.2. The molecule has 2 N–H and O–H groups in total. The van der Waals surface area contributed by atoms with Crippen molar-refractivity contribution in [3.63, 3.8) is 0 Å². The summed E-state index contributed by atoms with van der Waals surface area (Å²) in [5, 5.41) is 0.448. The van der Waals surface area contributed by atoms with Gasteiger partial charge in [0.25, 0.3) is 0 Å². The number of esters is 1. The van der Waals surface area contributed by atoms with Gasteiger partial charge in [0.2, 0.25) is 0 Å². The smallest absolute Gasteiger partial charge is 0.302 e. The molecule has 2 aromatic rings. The van der Waals surface area contributed by atoms with Crippen LogP contribution in [0.3, 0.4) is 0 Å². The van der Waals surface area contributed by atoms with E-state index in [0.717, 1.165) is 0 Å². The average molecular weight is 385 g/mol. The topological polar surface area (TPSA) is 101 Å². The zero-order valence-corrected chi connectivity index (χ0v) is 16.0. The number of rotatable bonds is 10. The quantitative estimate of drug-likeness (QED) is 0.496. The van der Waals surface area contributed by atoms with Gasteiger partial charge in [-0.15, -0.1) is 0 Å². The summed E-state index contributed by atoms with van der Waals surface area (Å²) >= 11 is 6.18. The SMILES string of the molecule is CCOC(C[C@@H](COC(C)=O)Cn1cnc2c(Cl)cc(N)nc21)OCC. The van der Waals surface area contributed by atoms with Gasteiger partial charge in [0, 0.05) is 45.1 Å². The third-order valence-electron chi connectivity index (χ3n) is 3.75. The Morgan fingerprint density at radius 2 is 2.04 bits per heavy atom. The molecule has 0 unspecified atom stereocenters. The van der Waals surface area contributed by atoms with Crippen LogP contribution in [0.25, 0.3) is 11.2 Å². The number of hydrogen-bond acceptors (Lipinski definition) is 7. The fourth-order valence-electron chi connectivity index (χ4n) is 2.68. The number of imidazole rings is 1. The summed E-state index contributed by atoms with van der Waals surface area (Å²) < 4.78 is 18.3. The zero-order chi connectivity index (χ0) is 19.1. The summed E-state index contributed by atoms with van der Waals surface area (Å²) in [6, 6.07) is 1.57. The van der Waals surface area contributed by atoms with E-state index in [2.05, 4.69) is 9.97 Å². The van der Waals surface area contributed by atoms with Gasteiger partial charge in [-0.2, -0.15) is 0 Å². The Kier molecular flexibility index (Phi) is 7.62. The number of halogens is 1. The molecule has 2 heterocycles. The van der Waals surface area contributed by atoms with Gasteiger partial charge in [0.1, 0.15) is 11.3 Å². The highest BCUT2D eigenvalue weighted by atomic mass is 35.5. The van der Waals surface area contributed by atoms with Crippen molar-refractivity contribution in [1.29, 1.82) is 0 Å². The lowest BCUT2D eigenvalue weighted by Crippen LogP contribution is -2.27. The number of carbonyl (C=O) groups is 1. The van der Waals surface area contributed by atoms with E-state index in [-0.39, 0.29) is 24.8 Å². The maximum atomic E-state index is 11.2. The molecule has 144 valence electrons. The molecule has 2 rings (SSSR count).